The van der Waals surface area contributed by atoms with E-state index in [1.54, 1.807) is 20.0 Å². The van der Waals surface area contributed by atoms with E-state index in [-0.39, 0.29) is 43.5 Å². The topological polar surface area (TPSA) is 98.7 Å². The molecule has 0 aliphatic carbocycles. The Morgan fingerprint density at radius 3 is 2.43 bits per heavy atom. The normalized spacial score (nSPS) is 12.8. The van der Waals surface area contributed by atoms with Crippen molar-refractivity contribution in [1.82, 2.24) is 15.5 Å². The molecule has 7 nitrogen and oxygen atoms in total. The zero-order valence-corrected chi connectivity index (χ0v) is 13.0. The molecule has 0 saturated carbocycles. The summed E-state index contributed by atoms with van der Waals surface area (Å²) in [5, 5.41) is 13.6. The van der Waals surface area contributed by atoms with Crippen molar-refractivity contribution >= 4 is 18.2 Å². The predicted molar refractivity (Wildman–Crippen MR) is 79.3 cm³/mol. The molecule has 0 aromatic rings. The molecule has 0 aliphatic heterocycles. The SMILES string of the molecule is CC(=C[C@H](C(C)C)N(C)C(=O)CNC=O)C(=O)NCCO. The van der Waals surface area contributed by atoms with E-state index in [0.717, 1.165) is 0 Å². The van der Waals surface area contributed by atoms with Crippen LogP contribution < -0.4 is 10.6 Å². The number of likely N-dealkylation sites (N-methyl/N-ethyl adjacent to an activating group) is 1. The first-order valence-corrected chi connectivity index (χ1v) is 6.85. The Morgan fingerprint density at radius 1 is 1.33 bits per heavy atom. The Hall–Kier alpha value is -1.89. The molecule has 0 aromatic carbocycles. The van der Waals surface area contributed by atoms with Gasteiger partial charge in [-0.2, -0.15) is 0 Å². The minimum atomic E-state index is -0.276. The fraction of sp³-hybridized carbons (Fsp3) is 0.643. The predicted octanol–water partition coefficient (Wildman–Crippen LogP) is -0.730. The van der Waals surface area contributed by atoms with E-state index in [1.165, 1.54) is 4.90 Å². The summed E-state index contributed by atoms with van der Waals surface area (Å²) in [4.78, 5) is 35.4. The highest BCUT2D eigenvalue weighted by Gasteiger charge is 2.21. The zero-order chi connectivity index (χ0) is 16.4. The van der Waals surface area contributed by atoms with Gasteiger partial charge in [-0.15, -0.1) is 0 Å². The maximum atomic E-state index is 11.9. The molecule has 0 aliphatic rings. The van der Waals surface area contributed by atoms with E-state index in [0.29, 0.717) is 12.0 Å². The van der Waals surface area contributed by atoms with Crippen LogP contribution in [-0.4, -0.2) is 61.0 Å². The lowest BCUT2D eigenvalue weighted by Crippen LogP contribution is -2.43. The number of hydrogen-bond acceptors (Lipinski definition) is 4. The molecule has 0 fully saturated rings. The van der Waals surface area contributed by atoms with E-state index >= 15 is 0 Å². The van der Waals surface area contributed by atoms with Gasteiger partial charge in [0.1, 0.15) is 0 Å². The third kappa shape index (κ3) is 6.89. The molecule has 0 saturated heterocycles. The van der Waals surface area contributed by atoms with Crippen molar-refractivity contribution in [2.24, 2.45) is 5.92 Å². The van der Waals surface area contributed by atoms with Gasteiger partial charge >= 0.3 is 0 Å². The Morgan fingerprint density at radius 2 is 1.95 bits per heavy atom. The summed E-state index contributed by atoms with van der Waals surface area (Å²) < 4.78 is 0. The molecule has 0 radical (unpaired) electrons. The third-order valence-electron chi connectivity index (χ3n) is 3.04. The lowest BCUT2D eigenvalue weighted by Gasteiger charge is -2.29. The van der Waals surface area contributed by atoms with Gasteiger partial charge < -0.3 is 20.6 Å². The average molecular weight is 299 g/mol. The van der Waals surface area contributed by atoms with Gasteiger partial charge in [-0.05, 0) is 12.8 Å². The Balaban J connectivity index is 4.92. The monoisotopic (exact) mass is 299 g/mol. The molecule has 3 N–H and O–H groups in total. The minimum absolute atomic E-state index is 0.0766. The van der Waals surface area contributed by atoms with Gasteiger partial charge in [0, 0.05) is 19.2 Å². The third-order valence-corrected chi connectivity index (χ3v) is 3.04. The van der Waals surface area contributed by atoms with Crippen LogP contribution in [0.4, 0.5) is 0 Å². The second-order valence-corrected chi connectivity index (χ2v) is 5.07. The quantitative estimate of drug-likeness (QED) is 0.386. The fourth-order valence-corrected chi connectivity index (χ4v) is 1.81. The highest BCUT2D eigenvalue weighted by atomic mass is 16.3. The van der Waals surface area contributed by atoms with Crippen molar-refractivity contribution in [2.45, 2.75) is 26.8 Å². The summed E-state index contributed by atoms with van der Waals surface area (Å²) in [6, 6.07) is -0.258. The first-order chi connectivity index (χ1) is 9.84. The van der Waals surface area contributed by atoms with E-state index in [2.05, 4.69) is 10.6 Å². The van der Waals surface area contributed by atoms with Crippen molar-refractivity contribution < 1.29 is 19.5 Å². The molecule has 7 heteroatoms. The summed E-state index contributed by atoms with van der Waals surface area (Å²) >= 11 is 0. The molecule has 120 valence electrons. The van der Waals surface area contributed by atoms with Crippen LogP contribution in [-0.2, 0) is 14.4 Å². The highest BCUT2D eigenvalue weighted by Crippen LogP contribution is 2.13. The maximum absolute atomic E-state index is 11.9. The van der Waals surface area contributed by atoms with Gasteiger partial charge in [-0.3, -0.25) is 14.4 Å². The second kappa shape index (κ2) is 9.93. The standard InChI is InChI=1S/C14H25N3O4/c1-10(2)12(17(4)13(20)8-15-9-19)7-11(3)14(21)16-5-6-18/h7,9-10,12,18H,5-6,8H2,1-4H3,(H,15,19)(H,16,21)/t12-/m1/s1. The molecule has 0 rings (SSSR count). The summed E-state index contributed by atoms with van der Waals surface area (Å²) in [7, 11) is 1.63. The van der Waals surface area contributed by atoms with Crippen LogP contribution in [0.5, 0.6) is 0 Å². The first-order valence-electron chi connectivity index (χ1n) is 6.85. The Labute approximate surface area is 125 Å². The van der Waals surface area contributed by atoms with Gasteiger partial charge in [-0.1, -0.05) is 19.9 Å². The summed E-state index contributed by atoms with van der Waals surface area (Å²) in [5.41, 5.74) is 0.477. The molecule has 0 heterocycles. The maximum Gasteiger partial charge on any atom is 0.246 e. The van der Waals surface area contributed by atoms with Gasteiger partial charge in [0.05, 0.1) is 19.2 Å². The van der Waals surface area contributed by atoms with Crippen molar-refractivity contribution in [3.8, 4) is 0 Å². The Bertz CT molecular complexity index is 394. The van der Waals surface area contributed by atoms with E-state index in [4.69, 9.17) is 5.11 Å². The smallest absolute Gasteiger partial charge is 0.246 e. The van der Waals surface area contributed by atoms with Gasteiger partial charge in [0.15, 0.2) is 0 Å². The number of carbonyl (C=O) groups excluding carboxylic acids is 3. The van der Waals surface area contributed by atoms with E-state index < -0.39 is 0 Å². The number of aliphatic hydroxyl groups is 1. The van der Waals surface area contributed by atoms with Gasteiger partial charge in [0.2, 0.25) is 18.2 Å². The average Bonchev–Trinajstić information content (AvgIpc) is 2.46. The van der Waals surface area contributed by atoms with Crippen LogP contribution in [0.1, 0.15) is 20.8 Å². The number of nitrogens with one attached hydrogen (secondary N) is 2. The van der Waals surface area contributed by atoms with Crippen LogP contribution >= 0.6 is 0 Å². The van der Waals surface area contributed by atoms with Gasteiger partial charge in [-0.25, -0.2) is 0 Å². The first kappa shape index (κ1) is 19.1. The Kier molecular flexibility index (Phi) is 9.03. The van der Waals surface area contributed by atoms with Crippen LogP contribution in [0.25, 0.3) is 0 Å². The van der Waals surface area contributed by atoms with Crippen LogP contribution in [0.3, 0.4) is 0 Å². The van der Waals surface area contributed by atoms with Crippen LogP contribution in [0.2, 0.25) is 0 Å². The van der Waals surface area contributed by atoms with Gasteiger partial charge in [0.25, 0.3) is 0 Å². The highest BCUT2D eigenvalue weighted by molar-refractivity contribution is 5.93. The van der Waals surface area contributed by atoms with Crippen LogP contribution in [0, 0.1) is 5.92 Å². The number of nitrogens with zero attached hydrogens (tertiary/aromatic N) is 1. The number of carbonyl (C=O) groups is 3. The molecular formula is C14H25N3O4. The molecule has 0 aromatic heterocycles. The van der Waals surface area contributed by atoms with Crippen molar-refractivity contribution in [1.29, 1.82) is 0 Å². The number of aliphatic hydroxyl groups excluding tert-OH is 1. The summed E-state index contributed by atoms with van der Waals surface area (Å²) in [6.45, 7) is 5.53. The fourth-order valence-electron chi connectivity index (χ4n) is 1.81. The van der Waals surface area contributed by atoms with Crippen molar-refractivity contribution in [3.63, 3.8) is 0 Å². The minimum Gasteiger partial charge on any atom is -0.395 e. The molecule has 0 spiro atoms. The molecule has 0 bridgehead atoms. The lowest BCUT2D eigenvalue weighted by atomic mass is 10.00. The zero-order valence-electron chi connectivity index (χ0n) is 13.0. The second-order valence-electron chi connectivity index (χ2n) is 5.07. The van der Waals surface area contributed by atoms with E-state index in [1.807, 2.05) is 13.8 Å². The summed E-state index contributed by atoms with van der Waals surface area (Å²) in [5.74, 6) is -0.405. The van der Waals surface area contributed by atoms with Crippen molar-refractivity contribution in [3.05, 3.63) is 11.6 Å². The molecule has 21 heavy (non-hydrogen) atoms. The van der Waals surface area contributed by atoms with Crippen LogP contribution in [0.15, 0.2) is 11.6 Å². The molecule has 3 amide bonds. The molecule has 0 unspecified atom stereocenters. The number of rotatable bonds is 9. The molecular weight excluding hydrogens is 274 g/mol. The lowest BCUT2D eigenvalue weighted by molar-refractivity contribution is -0.132. The number of hydrogen-bond donors (Lipinski definition) is 3. The summed E-state index contributed by atoms with van der Waals surface area (Å²) in [6.07, 6.45) is 2.19. The van der Waals surface area contributed by atoms with E-state index in [9.17, 15) is 14.4 Å². The van der Waals surface area contributed by atoms with Crippen molar-refractivity contribution in [2.75, 3.05) is 26.7 Å². The largest absolute Gasteiger partial charge is 0.395 e. The molecule has 1 atom stereocenters. The number of amides is 3.